The number of amides is 1. The van der Waals surface area contributed by atoms with E-state index >= 15 is 0 Å². The summed E-state index contributed by atoms with van der Waals surface area (Å²) in [5.41, 5.74) is 1.87. The van der Waals surface area contributed by atoms with E-state index in [4.69, 9.17) is 4.42 Å². The molecule has 0 bridgehead atoms. The van der Waals surface area contributed by atoms with E-state index in [1.807, 2.05) is 30.3 Å². The second kappa shape index (κ2) is 7.49. The summed E-state index contributed by atoms with van der Waals surface area (Å²) in [7, 11) is 0. The molecule has 0 saturated carbocycles. The summed E-state index contributed by atoms with van der Waals surface area (Å²) >= 11 is 0. The molecule has 0 atom stereocenters. The Morgan fingerprint density at radius 1 is 1.27 bits per heavy atom. The Kier molecular flexibility index (Phi) is 4.74. The molecule has 2 aromatic heterocycles. The number of nitrogens with zero attached hydrogens (tertiary/aromatic N) is 4. The highest BCUT2D eigenvalue weighted by molar-refractivity contribution is 5.91. The van der Waals surface area contributed by atoms with Crippen molar-refractivity contribution in [3.8, 4) is 11.5 Å². The average molecular weight is 352 g/mol. The van der Waals surface area contributed by atoms with Crippen molar-refractivity contribution in [3.63, 3.8) is 0 Å². The lowest BCUT2D eigenvalue weighted by atomic mass is 10.1. The van der Waals surface area contributed by atoms with Crippen LogP contribution < -0.4 is 10.6 Å². The third-order valence-electron chi connectivity index (χ3n) is 4.43. The van der Waals surface area contributed by atoms with E-state index in [-0.39, 0.29) is 12.5 Å². The molecule has 3 heterocycles. The van der Waals surface area contributed by atoms with Gasteiger partial charge in [0.2, 0.25) is 5.89 Å². The van der Waals surface area contributed by atoms with Crippen LogP contribution in [0, 0.1) is 0 Å². The molecule has 0 radical (unpaired) electrons. The van der Waals surface area contributed by atoms with Crippen molar-refractivity contribution >= 4 is 5.91 Å². The number of hydrogen-bond donors (Lipinski definition) is 2. The minimum absolute atomic E-state index is 0.269. The van der Waals surface area contributed by atoms with Crippen LogP contribution in [-0.4, -0.2) is 39.0 Å². The van der Waals surface area contributed by atoms with E-state index in [9.17, 15) is 4.79 Å². The van der Waals surface area contributed by atoms with Crippen molar-refractivity contribution in [1.82, 2.24) is 30.6 Å². The first-order valence-electron chi connectivity index (χ1n) is 8.70. The van der Waals surface area contributed by atoms with Gasteiger partial charge in [-0.15, -0.1) is 5.10 Å². The van der Waals surface area contributed by atoms with Crippen LogP contribution in [0.15, 0.2) is 47.2 Å². The molecule has 1 saturated heterocycles. The van der Waals surface area contributed by atoms with Gasteiger partial charge in [0.25, 0.3) is 5.91 Å². The van der Waals surface area contributed by atoms with E-state index in [1.54, 1.807) is 17.1 Å². The van der Waals surface area contributed by atoms with Crippen molar-refractivity contribution < 1.29 is 9.21 Å². The Hall–Kier alpha value is -3.00. The van der Waals surface area contributed by atoms with Crippen molar-refractivity contribution in [2.45, 2.75) is 25.4 Å². The number of carbonyl (C=O) groups is 1. The van der Waals surface area contributed by atoms with Gasteiger partial charge in [-0.05, 0) is 38.1 Å². The maximum atomic E-state index is 12.3. The highest BCUT2D eigenvalue weighted by Crippen LogP contribution is 2.18. The summed E-state index contributed by atoms with van der Waals surface area (Å²) in [6.07, 6.45) is 5.25. The van der Waals surface area contributed by atoms with Crippen molar-refractivity contribution in [1.29, 1.82) is 0 Å². The molecule has 26 heavy (non-hydrogen) atoms. The first-order valence-corrected chi connectivity index (χ1v) is 8.70. The summed E-state index contributed by atoms with van der Waals surface area (Å²) in [5.74, 6) is 0.265. The zero-order valence-corrected chi connectivity index (χ0v) is 14.3. The second-order valence-electron chi connectivity index (χ2n) is 6.26. The van der Waals surface area contributed by atoms with Crippen LogP contribution in [0.2, 0.25) is 0 Å². The first-order chi connectivity index (χ1) is 12.8. The minimum atomic E-state index is -0.269. The highest BCUT2D eigenvalue weighted by Gasteiger charge is 2.19. The van der Waals surface area contributed by atoms with Gasteiger partial charge in [-0.2, -0.15) is 0 Å². The van der Waals surface area contributed by atoms with Crippen LogP contribution in [0.5, 0.6) is 0 Å². The van der Waals surface area contributed by atoms with Gasteiger partial charge in [-0.3, -0.25) is 4.79 Å². The van der Waals surface area contributed by atoms with Gasteiger partial charge in [0, 0.05) is 5.56 Å². The standard InChI is InChI=1S/C18H20N6O2/c25-17(16-11-24(23-22-16)15-6-8-19-9-7-15)20-10-14-12-26-18(21-14)13-4-2-1-3-5-13/h1-5,11-12,15,19H,6-10H2,(H,20,25). The first kappa shape index (κ1) is 16.5. The van der Waals surface area contributed by atoms with Gasteiger partial charge in [-0.1, -0.05) is 23.4 Å². The quantitative estimate of drug-likeness (QED) is 0.726. The van der Waals surface area contributed by atoms with Crippen molar-refractivity contribution in [3.05, 3.63) is 54.2 Å². The number of piperidine rings is 1. The third-order valence-corrected chi connectivity index (χ3v) is 4.43. The molecule has 0 spiro atoms. The molecule has 0 unspecified atom stereocenters. The second-order valence-corrected chi connectivity index (χ2v) is 6.26. The summed E-state index contributed by atoms with van der Waals surface area (Å²) in [5, 5.41) is 14.2. The molecular formula is C18H20N6O2. The maximum absolute atomic E-state index is 12.3. The predicted molar refractivity (Wildman–Crippen MR) is 94.3 cm³/mol. The molecule has 1 amide bonds. The monoisotopic (exact) mass is 352 g/mol. The van der Waals surface area contributed by atoms with Crippen LogP contribution in [0.4, 0.5) is 0 Å². The fourth-order valence-electron chi connectivity index (χ4n) is 2.99. The molecule has 8 heteroatoms. The Balaban J connectivity index is 1.35. The molecule has 134 valence electrons. The number of hydrogen-bond acceptors (Lipinski definition) is 6. The lowest BCUT2D eigenvalue weighted by Gasteiger charge is -2.22. The smallest absolute Gasteiger partial charge is 0.273 e. The van der Waals surface area contributed by atoms with Gasteiger partial charge >= 0.3 is 0 Å². The lowest BCUT2D eigenvalue weighted by Crippen LogP contribution is -2.29. The third kappa shape index (κ3) is 3.65. The fourth-order valence-corrected chi connectivity index (χ4v) is 2.99. The van der Waals surface area contributed by atoms with Crippen LogP contribution in [-0.2, 0) is 6.54 Å². The van der Waals surface area contributed by atoms with Gasteiger partial charge < -0.3 is 15.1 Å². The van der Waals surface area contributed by atoms with Crippen molar-refractivity contribution in [2.75, 3.05) is 13.1 Å². The van der Waals surface area contributed by atoms with Crippen LogP contribution in [0.1, 0.15) is 35.1 Å². The molecular weight excluding hydrogens is 332 g/mol. The molecule has 1 fully saturated rings. The van der Waals surface area contributed by atoms with Gasteiger partial charge in [0.05, 0.1) is 24.5 Å². The number of oxazole rings is 1. The average Bonchev–Trinajstić information content (AvgIpc) is 3.37. The minimum Gasteiger partial charge on any atom is -0.444 e. The summed E-state index contributed by atoms with van der Waals surface area (Å²) in [4.78, 5) is 16.7. The number of aromatic nitrogens is 4. The van der Waals surface area contributed by atoms with Crippen LogP contribution in [0.3, 0.4) is 0 Å². The van der Waals surface area contributed by atoms with Crippen LogP contribution >= 0.6 is 0 Å². The zero-order chi connectivity index (χ0) is 17.8. The Bertz CT molecular complexity index is 867. The Morgan fingerprint density at radius 3 is 2.88 bits per heavy atom. The molecule has 8 nitrogen and oxygen atoms in total. The zero-order valence-electron chi connectivity index (χ0n) is 14.3. The Labute approximate surface area is 150 Å². The van der Waals surface area contributed by atoms with E-state index in [1.165, 1.54) is 0 Å². The number of nitrogens with one attached hydrogen (secondary N) is 2. The largest absolute Gasteiger partial charge is 0.444 e. The molecule has 3 aromatic rings. The number of benzene rings is 1. The van der Waals surface area contributed by atoms with E-state index in [0.29, 0.717) is 23.3 Å². The molecule has 2 N–H and O–H groups in total. The normalized spacial score (nSPS) is 15.1. The fraction of sp³-hybridized carbons (Fsp3) is 0.333. The summed E-state index contributed by atoms with van der Waals surface area (Å²) < 4.78 is 7.26. The van der Waals surface area contributed by atoms with Gasteiger partial charge in [0.1, 0.15) is 6.26 Å². The number of carbonyl (C=O) groups excluding carboxylic acids is 1. The molecule has 1 aromatic carbocycles. The maximum Gasteiger partial charge on any atom is 0.273 e. The molecule has 1 aliphatic heterocycles. The lowest BCUT2D eigenvalue weighted by molar-refractivity contribution is 0.0945. The van der Waals surface area contributed by atoms with E-state index < -0.39 is 0 Å². The van der Waals surface area contributed by atoms with E-state index in [2.05, 4.69) is 25.9 Å². The summed E-state index contributed by atoms with van der Waals surface area (Å²) in [6.45, 7) is 2.19. The molecule has 0 aliphatic carbocycles. The predicted octanol–water partition coefficient (Wildman–Crippen LogP) is 1.79. The van der Waals surface area contributed by atoms with Crippen molar-refractivity contribution in [2.24, 2.45) is 0 Å². The summed E-state index contributed by atoms with van der Waals surface area (Å²) in [6, 6.07) is 9.93. The SMILES string of the molecule is O=C(NCc1coc(-c2ccccc2)n1)c1cn(C2CCNCC2)nn1. The molecule has 1 aliphatic rings. The number of rotatable bonds is 5. The van der Waals surface area contributed by atoms with Gasteiger partial charge in [0.15, 0.2) is 5.69 Å². The highest BCUT2D eigenvalue weighted by atomic mass is 16.3. The van der Waals surface area contributed by atoms with Gasteiger partial charge in [-0.25, -0.2) is 9.67 Å². The Morgan fingerprint density at radius 2 is 2.08 bits per heavy atom. The van der Waals surface area contributed by atoms with E-state index in [0.717, 1.165) is 31.5 Å². The van der Waals surface area contributed by atoms with Crippen LogP contribution in [0.25, 0.3) is 11.5 Å². The molecule has 4 rings (SSSR count). The topological polar surface area (TPSA) is 97.9 Å².